The molecule has 0 bridgehead atoms. The highest BCUT2D eigenvalue weighted by atomic mass is 16.5. The summed E-state index contributed by atoms with van der Waals surface area (Å²) in [5.41, 5.74) is 3.39. The Labute approximate surface area is 189 Å². The number of benzene rings is 3. The van der Waals surface area contributed by atoms with Crippen LogP contribution < -0.4 is 14.2 Å². The lowest BCUT2D eigenvalue weighted by atomic mass is 10.0. The van der Waals surface area contributed by atoms with Crippen molar-refractivity contribution in [2.75, 3.05) is 13.7 Å². The van der Waals surface area contributed by atoms with Crippen molar-refractivity contribution >= 4 is 11.0 Å². The third-order valence-corrected chi connectivity index (χ3v) is 5.50. The SMILES string of the molecule is COc1ccccc1OCc1nc2ccccc2n1CCCOc1ccc(C(C)C)cc1. The molecule has 166 valence electrons. The first-order valence-corrected chi connectivity index (χ1v) is 11.1. The lowest BCUT2D eigenvalue weighted by Crippen LogP contribution is -2.10. The van der Waals surface area contributed by atoms with Crippen molar-refractivity contribution in [2.24, 2.45) is 0 Å². The molecule has 4 rings (SSSR count). The van der Waals surface area contributed by atoms with E-state index in [1.165, 1.54) is 5.56 Å². The Balaban J connectivity index is 1.42. The van der Waals surface area contributed by atoms with Crippen LogP contribution in [0.2, 0.25) is 0 Å². The second-order valence-electron chi connectivity index (χ2n) is 8.03. The number of nitrogens with zero attached hydrogens (tertiary/aromatic N) is 2. The zero-order valence-corrected chi connectivity index (χ0v) is 19.0. The van der Waals surface area contributed by atoms with Crippen molar-refractivity contribution in [3.05, 3.63) is 84.2 Å². The van der Waals surface area contributed by atoms with Gasteiger partial charge in [0.25, 0.3) is 0 Å². The van der Waals surface area contributed by atoms with Gasteiger partial charge < -0.3 is 18.8 Å². The smallest absolute Gasteiger partial charge is 0.161 e. The minimum absolute atomic E-state index is 0.368. The Morgan fingerprint density at radius 1 is 0.844 bits per heavy atom. The van der Waals surface area contributed by atoms with Crippen molar-refractivity contribution < 1.29 is 14.2 Å². The van der Waals surface area contributed by atoms with Crippen LogP contribution in [0.3, 0.4) is 0 Å². The predicted octanol–water partition coefficient (Wildman–Crippen LogP) is 6.22. The second-order valence-corrected chi connectivity index (χ2v) is 8.03. The van der Waals surface area contributed by atoms with E-state index in [4.69, 9.17) is 19.2 Å². The minimum Gasteiger partial charge on any atom is -0.494 e. The zero-order chi connectivity index (χ0) is 22.3. The lowest BCUT2D eigenvalue weighted by Gasteiger charge is -2.13. The van der Waals surface area contributed by atoms with Crippen LogP contribution in [-0.2, 0) is 13.2 Å². The van der Waals surface area contributed by atoms with Gasteiger partial charge in [0.05, 0.1) is 24.8 Å². The third kappa shape index (κ3) is 5.05. The lowest BCUT2D eigenvalue weighted by molar-refractivity contribution is 0.267. The van der Waals surface area contributed by atoms with Crippen LogP contribution in [0.5, 0.6) is 17.2 Å². The first-order valence-electron chi connectivity index (χ1n) is 11.1. The molecule has 0 amide bonds. The number of ether oxygens (including phenoxy) is 3. The number of aromatic nitrogens is 2. The Kier molecular flexibility index (Phi) is 6.95. The van der Waals surface area contributed by atoms with Crippen LogP contribution >= 0.6 is 0 Å². The maximum atomic E-state index is 6.05. The average molecular weight is 431 g/mol. The van der Waals surface area contributed by atoms with Crippen molar-refractivity contribution in [3.63, 3.8) is 0 Å². The van der Waals surface area contributed by atoms with Crippen molar-refractivity contribution in [1.29, 1.82) is 0 Å². The van der Waals surface area contributed by atoms with E-state index in [0.717, 1.165) is 35.6 Å². The summed E-state index contributed by atoms with van der Waals surface area (Å²) in [5.74, 6) is 3.74. The van der Waals surface area contributed by atoms with Gasteiger partial charge in [0, 0.05) is 6.54 Å². The number of fused-ring (bicyclic) bond motifs is 1. The summed E-state index contributed by atoms with van der Waals surface area (Å²) in [7, 11) is 1.65. The summed E-state index contributed by atoms with van der Waals surface area (Å²) in [6.45, 7) is 6.20. The van der Waals surface area contributed by atoms with Crippen LogP contribution in [0, 0.1) is 0 Å². The highest BCUT2D eigenvalue weighted by Gasteiger charge is 2.12. The maximum Gasteiger partial charge on any atom is 0.161 e. The van der Waals surface area contributed by atoms with E-state index in [1.54, 1.807) is 7.11 Å². The highest BCUT2D eigenvalue weighted by Crippen LogP contribution is 2.27. The maximum absolute atomic E-state index is 6.05. The molecule has 0 aliphatic rings. The van der Waals surface area contributed by atoms with E-state index in [1.807, 2.05) is 42.5 Å². The summed E-state index contributed by atoms with van der Waals surface area (Å²) < 4.78 is 19.6. The molecule has 0 saturated carbocycles. The molecule has 0 aliphatic heterocycles. The van der Waals surface area contributed by atoms with E-state index in [2.05, 4.69) is 48.7 Å². The molecule has 1 heterocycles. The van der Waals surface area contributed by atoms with Gasteiger partial charge in [0.1, 0.15) is 18.2 Å². The topological polar surface area (TPSA) is 45.5 Å². The summed E-state index contributed by atoms with van der Waals surface area (Å²) in [5, 5.41) is 0. The van der Waals surface area contributed by atoms with Crippen LogP contribution in [-0.4, -0.2) is 23.3 Å². The summed E-state index contributed by atoms with van der Waals surface area (Å²) in [4.78, 5) is 4.80. The molecule has 0 saturated heterocycles. The van der Waals surface area contributed by atoms with Crippen LogP contribution in [0.15, 0.2) is 72.8 Å². The average Bonchev–Trinajstić information content (AvgIpc) is 3.18. The molecule has 5 nitrogen and oxygen atoms in total. The van der Waals surface area contributed by atoms with E-state index < -0.39 is 0 Å². The fourth-order valence-electron chi connectivity index (χ4n) is 3.73. The Bertz CT molecular complexity index is 1150. The number of imidazole rings is 1. The van der Waals surface area contributed by atoms with Crippen LogP contribution in [0.4, 0.5) is 0 Å². The normalized spacial score (nSPS) is 11.1. The van der Waals surface area contributed by atoms with Gasteiger partial charge in [-0.25, -0.2) is 4.98 Å². The molecule has 32 heavy (non-hydrogen) atoms. The second kappa shape index (κ2) is 10.2. The zero-order valence-electron chi connectivity index (χ0n) is 19.0. The van der Waals surface area contributed by atoms with E-state index in [9.17, 15) is 0 Å². The first kappa shape index (κ1) is 21.8. The standard InChI is InChI=1S/C27H30N2O3/c1-20(2)21-13-15-22(16-14-21)31-18-8-17-29-24-10-5-4-9-23(24)28-27(29)19-32-26-12-7-6-11-25(26)30-3/h4-7,9-16,20H,8,17-19H2,1-3H3. The van der Waals surface area contributed by atoms with E-state index in [0.29, 0.717) is 30.6 Å². The van der Waals surface area contributed by atoms with Gasteiger partial charge in [-0.2, -0.15) is 0 Å². The van der Waals surface area contributed by atoms with Gasteiger partial charge >= 0.3 is 0 Å². The molecular formula is C27H30N2O3. The molecule has 5 heteroatoms. The van der Waals surface area contributed by atoms with Gasteiger partial charge in [-0.15, -0.1) is 0 Å². The highest BCUT2D eigenvalue weighted by molar-refractivity contribution is 5.75. The largest absolute Gasteiger partial charge is 0.494 e. The minimum atomic E-state index is 0.368. The Hall–Kier alpha value is -3.47. The third-order valence-electron chi connectivity index (χ3n) is 5.50. The van der Waals surface area contributed by atoms with Gasteiger partial charge in [-0.3, -0.25) is 0 Å². The summed E-state index contributed by atoms with van der Waals surface area (Å²) in [6.07, 6.45) is 0.869. The summed E-state index contributed by atoms with van der Waals surface area (Å²) >= 11 is 0. The van der Waals surface area contributed by atoms with Crippen LogP contribution in [0.1, 0.15) is 37.6 Å². The molecular weight excluding hydrogens is 400 g/mol. The Morgan fingerprint density at radius 2 is 1.56 bits per heavy atom. The monoisotopic (exact) mass is 430 g/mol. The number of hydrogen-bond donors (Lipinski definition) is 0. The molecule has 1 aromatic heterocycles. The molecule has 0 N–H and O–H groups in total. The fraction of sp³-hybridized carbons (Fsp3) is 0.296. The summed E-state index contributed by atoms with van der Waals surface area (Å²) in [6, 6.07) is 24.2. The van der Waals surface area contributed by atoms with Crippen LogP contribution in [0.25, 0.3) is 11.0 Å². The molecule has 0 radical (unpaired) electrons. The molecule has 3 aromatic carbocycles. The molecule has 4 aromatic rings. The van der Waals surface area contributed by atoms with Gasteiger partial charge in [-0.1, -0.05) is 50.2 Å². The quantitative estimate of drug-likeness (QED) is 0.280. The Morgan fingerprint density at radius 3 is 2.31 bits per heavy atom. The van der Waals surface area contributed by atoms with E-state index >= 15 is 0 Å². The predicted molar refractivity (Wildman–Crippen MR) is 128 cm³/mol. The number of rotatable bonds is 10. The van der Waals surface area contributed by atoms with Gasteiger partial charge in [0.15, 0.2) is 11.5 Å². The van der Waals surface area contributed by atoms with Crippen molar-refractivity contribution in [1.82, 2.24) is 9.55 Å². The molecule has 0 fully saturated rings. The number of methoxy groups -OCH3 is 1. The molecule has 0 aliphatic carbocycles. The fourth-order valence-corrected chi connectivity index (χ4v) is 3.73. The molecule has 0 spiro atoms. The number of hydrogen-bond acceptors (Lipinski definition) is 4. The van der Waals surface area contributed by atoms with Gasteiger partial charge in [-0.05, 0) is 54.3 Å². The molecule has 0 unspecified atom stereocenters. The first-order chi connectivity index (χ1) is 15.7. The van der Waals surface area contributed by atoms with E-state index in [-0.39, 0.29) is 0 Å². The van der Waals surface area contributed by atoms with Crippen molar-refractivity contribution in [3.8, 4) is 17.2 Å². The number of para-hydroxylation sites is 4. The molecule has 0 atom stereocenters. The van der Waals surface area contributed by atoms with Crippen molar-refractivity contribution in [2.45, 2.75) is 39.3 Å². The number of aryl methyl sites for hydroxylation is 1. The van der Waals surface area contributed by atoms with Gasteiger partial charge in [0.2, 0.25) is 0 Å².